The first kappa shape index (κ1) is 27.7. The van der Waals surface area contributed by atoms with Gasteiger partial charge in [0.1, 0.15) is 18.0 Å². The van der Waals surface area contributed by atoms with E-state index >= 15 is 0 Å². The van der Waals surface area contributed by atoms with Crippen molar-refractivity contribution in [3.05, 3.63) is 47.5 Å². The van der Waals surface area contributed by atoms with Crippen molar-refractivity contribution in [2.45, 2.75) is 44.9 Å². The molecule has 42 heavy (non-hydrogen) atoms. The van der Waals surface area contributed by atoms with E-state index < -0.39 is 18.2 Å². The first-order chi connectivity index (χ1) is 20.3. The SMILES string of the molecule is CCCCNC(=O)NN1CC(=O)N2[C@@H]1CN(Cc1cccc3sc(N)nc13)C(=O)[C@@H]2Cc1ccc2c(c1)NC(=O)CO2. The van der Waals surface area contributed by atoms with E-state index in [4.69, 9.17) is 10.5 Å². The fourth-order valence-corrected chi connectivity index (χ4v) is 6.44. The molecule has 5 amide bonds. The van der Waals surface area contributed by atoms with Gasteiger partial charge in [-0.1, -0.05) is 42.9 Å². The highest BCUT2D eigenvalue weighted by atomic mass is 32.1. The molecule has 4 heterocycles. The Morgan fingerprint density at radius 2 is 2.10 bits per heavy atom. The molecule has 0 radical (unpaired) electrons. The van der Waals surface area contributed by atoms with Crippen LogP contribution in [-0.4, -0.2) is 82.0 Å². The van der Waals surface area contributed by atoms with Crippen molar-refractivity contribution in [2.24, 2.45) is 0 Å². The second kappa shape index (κ2) is 11.4. The summed E-state index contributed by atoms with van der Waals surface area (Å²) in [6, 6.07) is 9.88. The average molecular weight is 593 g/mol. The Labute approximate surface area is 245 Å². The number of nitrogens with zero attached hydrogens (tertiary/aromatic N) is 4. The molecule has 3 aliphatic heterocycles. The number of thiazole rings is 1. The second-order valence-electron chi connectivity index (χ2n) is 10.6. The lowest BCUT2D eigenvalue weighted by atomic mass is 9.99. The number of unbranched alkanes of at least 4 members (excludes halogenated alkanes) is 1. The smallest absolute Gasteiger partial charge is 0.329 e. The minimum Gasteiger partial charge on any atom is -0.482 e. The Hall–Kier alpha value is -4.43. The van der Waals surface area contributed by atoms with Gasteiger partial charge in [0.25, 0.3) is 5.91 Å². The zero-order valence-electron chi connectivity index (χ0n) is 23.1. The highest BCUT2D eigenvalue weighted by Crippen LogP contribution is 2.33. The van der Waals surface area contributed by atoms with Gasteiger partial charge < -0.3 is 30.9 Å². The van der Waals surface area contributed by atoms with E-state index in [0.29, 0.717) is 23.1 Å². The van der Waals surface area contributed by atoms with Crippen molar-refractivity contribution < 1.29 is 23.9 Å². The number of fused-ring (bicyclic) bond motifs is 3. The van der Waals surface area contributed by atoms with Crippen LogP contribution in [0, 0.1) is 0 Å². The van der Waals surface area contributed by atoms with Crippen molar-refractivity contribution in [3.63, 3.8) is 0 Å². The van der Waals surface area contributed by atoms with Crippen LogP contribution < -0.4 is 26.5 Å². The zero-order valence-corrected chi connectivity index (χ0v) is 23.9. The van der Waals surface area contributed by atoms with E-state index in [-0.39, 0.29) is 50.4 Å². The van der Waals surface area contributed by atoms with Gasteiger partial charge >= 0.3 is 6.03 Å². The molecule has 0 bridgehead atoms. The van der Waals surface area contributed by atoms with Crippen LogP contribution in [0.1, 0.15) is 30.9 Å². The van der Waals surface area contributed by atoms with Crippen LogP contribution in [0.3, 0.4) is 0 Å². The molecule has 2 fully saturated rings. The number of carbonyl (C=O) groups excluding carboxylic acids is 4. The summed E-state index contributed by atoms with van der Waals surface area (Å²) in [5.41, 5.74) is 11.7. The predicted octanol–water partition coefficient (Wildman–Crippen LogP) is 1.65. The molecule has 2 saturated heterocycles. The number of hydrazine groups is 1. The average Bonchev–Trinajstić information content (AvgIpc) is 3.49. The van der Waals surface area contributed by atoms with E-state index in [1.54, 1.807) is 26.9 Å². The van der Waals surface area contributed by atoms with E-state index in [0.717, 1.165) is 34.2 Å². The molecule has 220 valence electrons. The minimum absolute atomic E-state index is 0.0569. The van der Waals surface area contributed by atoms with Crippen molar-refractivity contribution >= 4 is 56.1 Å². The Morgan fingerprint density at radius 1 is 1.24 bits per heavy atom. The van der Waals surface area contributed by atoms with Gasteiger partial charge in [0, 0.05) is 19.5 Å². The molecule has 0 spiro atoms. The van der Waals surface area contributed by atoms with Crippen LogP contribution in [0.25, 0.3) is 10.2 Å². The third-order valence-corrected chi connectivity index (χ3v) is 8.49. The number of urea groups is 1. The molecular weight excluding hydrogens is 560 g/mol. The van der Waals surface area contributed by atoms with E-state index in [1.165, 1.54) is 11.3 Å². The maximum Gasteiger partial charge on any atom is 0.329 e. The van der Waals surface area contributed by atoms with E-state index in [9.17, 15) is 19.2 Å². The fourth-order valence-electron chi connectivity index (χ4n) is 5.66. The summed E-state index contributed by atoms with van der Waals surface area (Å²) in [6.07, 6.45) is 1.42. The molecule has 2 aromatic carbocycles. The molecule has 0 saturated carbocycles. The maximum atomic E-state index is 14.1. The van der Waals surface area contributed by atoms with Crippen LogP contribution in [-0.2, 0) is 27.3 Å². The minimum atomic E-state index is -0.829. The molecule has 0 unspecified atom stereocenters. The number of nitrogen functional groups attached to an aromatic ring is 1. The first-order valence-corrected chi connectivity index (χ1v) is 14.7. The Morgan fingerprint density at radius 3 is 2.93 bits per heavy atom. The monoisotopic (exact) mass is 592 g/mol. The lowest BCUT2D eigenvalue weighted by Gasteiger charge is -2.44. The van der Waals surface area contributed by atoms with Crippen LogP contribution in [0.15, 0.2) is 36.4 Å². The zero-order chi connectivity index (χ0) is 29.4. The molecule has 2 atom stereocenters. The van der Waals surface area contributed by atoms with Gasteiger partial charge in [-0.25, -0.2) is 9.78 Å². The summed E-state index contributed by atoms with van der Waals surface area (Å²) >= 11 is 1.38. The summed E-state index contributed by atoms with van der Waals surface area (Å²) in [5.74, 6) is -0.182. The van der Waals surface area contributed by atoms with Gasteiger partial charge in [-0.2, -0.15) is 5.01 Å². The fraction of sp³-hybridized carbons (Fsp3) is 0.393. The lowest BCUT2D eigenvalue weighted by Crippen LogP contribution is -2.65. The Bertz CT molecular complexity index is 1560. The number of nitrogens with one attached hydrogen (secondary N) is 3. The number of hydrogen-bond donors (Lipinski definition) is 4. The number of nitrogens with two attached hydrogens (primary N) is 1. The number of para-hydroxylation sites is 1. The molecule has 14 heteroatoms. The number of carbonyl (C=O) groups is 4. The van der Waals surface area contributed by atoms with Crippen molar-refractivity contribution in [3.8, 4) is 5.75 Å². The number of ether oxygens (including phenoxy) is 1. The van der Waals surface area contributed by atoms with Crippen LogP contribution in [0.4, 0.5) is 15.6 Å². The highest BCUT2D eigenvalue weighted by molar-refractivity contribution is 7.22. The molecule has 0 aliphatic carbocycles. The standard InChI is InChI=1S/C28H32N8O5S/c1-2-3-9-30-28(40)33-35-14-24(38)36-19(11-16-7-8-20-18(10-16)31-22(37)15-41-20)26(39)34(13-23(35)36)12-17-5-4-6-21-25(17)32-27(29)42-21/h4-8,10,19,23H,2-3,9,11-15H2,1H3,(H2,29,32)(H,31,37)(H2,30,33,40)/t19-,23+/m0/s1. The number of rotatable bonds is 8. The second-order valence-corrected chi connectivity index (χ2v) is 11.6. The largest absolute Gasteiger partial charge is 0.482 e. The van der Waals surface area contributed by atoms with Crippen molar-refractivity contribution in [2.75, 3.05) is 37.3 Å². The predicted molar refractivity (Wildman–Crippen MR) is 156 cm³/mol. The third-order valence-electron chi connectivity index (χ3n) is 7.64. The number of anilines is 2. The van der Waals surface area contributed by atoms with Gasteiger partial charge in [0.15, 0.2) is 11.7 Å². The number of benzene rings is 2. The molecule has 6 rings (SSSR count). The van der Waals surface area contributed by atoms with Crippen LogP contribution in [0.5, 0.6) is 5.75 Å². The summed E-state index contributed by atoms with van der Waals surface area (Å²) < 4.78 is 6.40. The number of aromatic nitrogens is 1. The number of piperazine rings is 1. The van der Waals surface area contributed by atoms with Gasteiger partial charge in [-0.3, -0.25) is 19.8 Å². The summed E-state index contributed by atoms with van der Waals surface area (Å²) in [4.78, 5) is 59.7. The van der Waals surface area contributed by atoms with Gasteiger partial charge in [0.2, 0.25) is 11.8 Å². The first-order valence-electron chi connectivity index (χ1n) is 13.9. The summed E-state index contributed by atoms with van der Waals surface area (Å²) in [6.45, 7) is 2.90. The lowest BCUT2D eigenvalue weighted by molar-refractivity contribution is -0.154. The summed E-state index contributed by atoms with van der Waals surface area (Å²) in [5, 5.41) is 7.66. The molecule has 3 aliphatic rings. The third kappa shape index (κ3) is 5.42. The van der Waals surface area contributed by atoms with E-state index in [1.807, 2.05) is 31.2 Å². The molecular formula is C28H32N8O5S. The normalized spacial score (nSPS) is 20.3. The Kier molecular flexibility index (Phi) is 7.56. The quantitative estimate of drug-likeness (QED) is 0.287. The van der Waals surface area contributed by atoms with Crippen molar-refractivity contribution in [1.29, 1.82) is 0 Å². The van der Waals surface area contributed by atoms with Crippen LogP contribution in [0.2, 0.25) is 0 Å². The maximum absolute atomic E-state index is 14.1. The van der Waals surface area contributed by atoms with Gasteiger partial charge in [-0.15, -0.1) is 0 Å². The molecule has 13 nitrogen and oxygen atoms in total. The van der Waals surface area contributed by atoms with Crippen molar-refractivity contribution in [1.82, 2.24) is 30.5 Å². The number of amides is 5. The van der Waals surface area contributed by atoms with Crippen LogP contribution >= 0.6 is 11.3 Å². The molecule has 5 N–H and O–H groups in total. The topological polar surface area (TPSA) is 162 Å². The van der Waals surface area contributed by atoms with Gasteiger partial charge in [0.05, 0.1) is 29.0 Å². The molecule has 1 aromatic heterocycles. The molecule has 3 aromatic rings. The highest BCUT2D eigenvalue weighted by Gasteiger charge is 2.50. The summed E-state index contributed by atoms with van der Waals surface area (Å²) in [7, 11) is 0. The van der Waals surface area contributed by atoms with Gasteiger partial charge in [-0.05, 0) is 35.7 Å². The van der Waals surface area contributed by atoms with E-state index in [2.05, 4.69) is 21.0 Å². The Balaban J connectivity index is 1.30. The number of hydrogen-bond acceptors (Lipinski definition) is 9.